The van der Waals surface area contributed by atoms with Crippen LogP contribution in [0.1, 0.15) is 59.3 Å². The summed E-state index contributed by atoms with van der Waals surface area (Å²) in [4.78, 5) is 0. The molecular weight excluding hydrogens is 219 g/mol. The SMILES string of the molecule is [Li][CH2]CCCCCCCO[Si](C)(C)C(C)(C)C. The van der Waals surface area contributed by atoms with E-state index in [0.717, 1.165) is 6.61 Å². The molecule has 0 rings (SSSR count). The van der Waals surface area contributed by atoms with E-state index in [-0.39, 0.29) is 0 Å². The molecule has 0 heterocycles. The van der Waals surface area contributed by atoms with E-state index in [9.17, 15) is 0 Å². The molecule has 0 saturated carbocycles. The van der Waals surface area contributed by atoms with E-state index < -0.39 is 8.32 Å². The summed E-state index contributed by atoms with van der Waals surface area (Å²) in [6.07, 6.45) is 8.21. The zero-order valence-electron chi connectivity index (χ0n) is 13.1. The maximum atomic E-state index is 6.16. The molecule has 0 bridgehead atoms. The van der Waals surface area contributed by atoms with Crippen LogP contribution in [-0.4, -0.2) is 32.6 Å². The third-order valence-electron chi connectivity index (χ3n) is 4.02. The average Bonchev–Trinajstić information content (AvgIpc) is 2.20. The third kappa shape index (κ3) is 8.48. The second-order valence-corrected chi connectivity index (χ2v) is 11.5. The summed E-state index contributed by atoms with van der Waals surface area (Å²) in [6.45, 7) is 12.6. The molecule has 0 aromatic carbocycles. The Morgan fingerprint density at radius 1 is 0.882 bits per heavy atom. The van der Waals surface area contributed by atoms with Gasteiger partial charge in [-0.3, -0.25) is 0 Å². The van der Waals surface area contributed by atoms with Gasteiger partial charge in [0.05, 0.1) is 0 Å². The molecule has 0 radical (unpaired) electrons. The molecule has 0 fully saturated rings. The zero-order valence-corrected chi connectivity index (χ0v) is 14.1. The second-order valence-electron chi connectivity index (χ2n) is 6.73. The standard InChI is InChI=1S/C14H31OSi.Li/c1-7-8-9-10-11-12-13-15-16(5,6)14(2,3)4;/h1,7-13H2,2-6H3;. The molecule has 0 atom stereocenters. The van der Waals surface area contributed by atoms with Crippen molar-refractivity contribution < 1.29 is 4.43 Å². The normalized spacial score (nSPS) is 13.1. The molecule has 0 N–H and O–H groups in total. The van der Waals surface area contributed by atoms with Crippen LogP contribution in [0.4, 0.5) is 0 Å². The van der Waals surface area contributed by atoms with Gasteiger partial charge >= 0.3 is 120 Å². The van der Waals surface area contributed by atoms with Gasteiger partial charge in [0.2, 0.25) is 0 Å². The molecule has 0 aliphatic heterocycles. The van der Waals surface area contributed by atoms with Crippen molar-refractivity contribution >= 4 is 26.0 Å². The van der Waals surface area contributed by atoms with Gasteiger partial charge in [-0.1, -0.05) is 0 Å². The van der Waals surface area contributed by atoms with Gasteiger partial charge in [0.25, 0.3) is 0 Å². The van der Waals surface area contributed by atoms with Gasteiger partial charge in [0.15, 0.2) is 0 Å². The summed E-state index contributed by atoms with van der Waals surface area (Å²) < 4.78 is 6.16. The van der Waals surface area contributed by atoms with Crippen molar-refractivity contribution in [2.24, 2.45) is 0 Å². The fraction of sp³-hybridized carbons (Fsp3) is 1.00. The van der Waals surface area contributed by atoms with E-state index in [2.05, 4.69) is 51.6 Å². The minimum absolute atomic E-state index is 0.355. The summed E-state index contributed by atoms with van der Waals surface area (Å²) in [6, 6.07) is 0. The van der Waals surface area contributed by atoms with Gasteiger partial charge in [-0.15, -0.1) is 0 Å². The Morgan fingerprint density at radius 3 is 1.82 bits per heavy atom. The maximum absolute atomic E-state index is 6.16. The van der Waals surface area contributed by atoms with Gasteiger partial charge in [0, 0.05) is 0 Å². The Hall–Kier alpha value is 0.774. The molecule has 1 nitrogen and oxygen atoms in total. The number of hydrogen-bond donors (Lipinski definition) is 0. The minimum atomic E-state index is -1.49. The molecule has 0 amide bonds. The van der Waals surface area contributed by atoms with Crippen LogP contribution < -0.4 is 0 Å². The van der Waals surface area contributed by atoms with Crippen LogP contribution in [0, 0.1) is 0 Å². The summed E-state index contributed by atoms with van der Waals surface area (Å²) >= 11 is 2.27. The van der Waals surface area contributed by atoms with Crippen molar-refractivity contribution in [3.05, 3.63) is 0 Å². The van der Waals surface area contributed by atoms with Gasteiger partial charge in [-0.05, 0) is 0 Å². The van der Waals surface area contributed by atoms with Gasteiger partial charge < -0.3 is 0 Å². The van der Waals surface area contributed by atoms with E-state index in [1.165, 1.54) is 43.6 Å². The number of rotatable bonds is 9. The first-order valence-corrected chi connectivity index (χ1v) is 10.4. The molecular formula is C14H31LiOSi. The van der Waals surface area contributed by atoms with Crippen LogP contribution >= 0.6 is 0 Å². The van der Waals surface area contributed by atoms with Crippen LogP contribution in [0.2, 0.25) is 23.2 Å². The van der Waals surface area contributed by atoms with Crippen molar-refractivity contribution in [1.82, 2.24) is 0 Å². The topological polar surface area (TPSA) is 9.23 Å². The van der Waals surface area contributed by atoms with Crippen molar-refractivity contribution in [2.75, 3.05) is 6.61 Å². The van der Waals surface area contributed by atoms with Crippen LogP contribution in [0.5, 0.6) is 0 Å². The fourth-order valence-electron chi connectivity index (χ4n) is 1.60. The Morgan fingerprint density at radius 2 is 1.35 bits per heavy atom. The van der Waals surface area contributed by atoms with Crippen LogP contribution in [-0.2, 0) is 4.43 Å². The number of hydrogen-bond acceptors (Lipinski definition) is 1. The van der Waals surface area contributed by atoms with E-state index in [1.54, 1.807) is 0 Å². The summed E-state index contributed by atoms with van der Waals surface area (Å²) in [7, 11) is -1.49. The quantitative estimate of drug-likeness (QED) is 0.416. The Bertz CT molecular complexity index is 187. The van der Waals surface area contributed by atoms with Crippen molar-refractivity contribution in [3.63, 3.8) is 0 Å². The summed E-state index contributed by atoms with van der Waals surface area (Å²) in [5, 5.41) is 1.70. The zero-order chi connectivity index (χ0) is 13.4. The molecule has 0 aromatic heterocycles. The van der Waals surface area contributed by atoms with E-state index in [0.29, 0.717) is 5.04 Å². The first-order chi connectivity index (χ1) is 7.81. The van der Waals surface area contributed by atoms with E-state index in [4.69, 9.17) is 4.43 Å². The Balaban J connectivity index is 3.46. The summed E-state index contributed by atoms with van der Waals surface area (Å²) in [5.41, 5.74) is 0. The Kier molecular flexibility index (Phi) is 9.20. The predicted molar refractivity (Wildman–Crippen MR) is 81.4 cm³/mol. The van der Waals surface area contributed by atoms with E-state index in [1.807, 2.05) is 0 Å². The van der Waals surface area contributed by atoms with Crippen molar-refractivity contribution in [2.45, 2.75) is 82.5 Å². The predicted octanol–water partition coefficient (Wildman–Crippen LogP) is 4.94. The molecule has 3 heteroatoms. The molecule has 0 spiro atoms. The fourth-order valence-corrected chi connectivity index (χ4v) is 2.69. The van der Waals surface area contributed by atoms with Gasteiger partial charge in [-0.25, -0.2) is 0 Å². The second kappa shape index (κ2) is 8.80. The molecule has 0 aromatic rings. The van der Waals surface area contributed by atoms with Crippen LogP contribution in [0.3, 0.4) is 0 Å². The van der Waals surface area contributed by atoms with Gasteiger partial charge in [-0.2, -0.15) is 0 Å². The molecule has 0 saturated heterocycles. The molecule has 0 aliphatic carbocycles. The average molecular weight is 250 g/mol. The summed E-state index contributed by atoms with van der Waals surface area (Å²) in [5.74, 6) is 0. The molecule has 0 unspecified atom stereocenters. The monoisotopic (exact) mass is 250 g/mol. The first kappa shape index (κ1) is 17.8. The molecule has 98 valence electrons. The molecule has 17 heavy (non-hydrogen) atoms. The Labute approximate surface area is 119 Å². The number of unbranched alkanes of at least 4 members (excludes halogenated alkanes) is 5. The van der Waals surface area contributed by atoms with E-state index >= 15 is 0 Å². The molecule has 0 aliphatic rings. The van der Waals surface area contributed by atoms with Gasteiger partial charge in [0.1, 0.15) is 0 Å². The van der Waals surface area contributed by atoms with Crippen molar-refractivity contribution in [3.8, 4) is 0 Å². The van der Waals surface area contributed by atoms with Crippen LogP contribution in [0.15, 0.2) is 0 Å². The first-order valence-electron chi connectivity index (χ1n) is 7.45. The van der Waals surface area contributed by atoms with Crippen LogP contribution in [0.25, 0.3) is 0 Å². The third-order valence-corrected chi connectivity index (χ3v) is 8.56. The van der Waals surface area contributed by atoms with Crippen molar-refractivity contribution in [1.29, 1.82) is 0 Å².